The van der Waals surface area contributed by atoms with Crippen molar-refractivity contribution in [3.63, 3.8) is 0 Å². The molecule has 0 atom stereocenters. The SMILES string of the molecule is C=C(C)/C=C/C1CCCCC1. The average Bonchev–Trinajstić information content (AvgIpc) is 2.03. The van der Waals surface area contributed by atoms with E-state index in [0.717, 1.165) is 5.92 Å². The predicted molar refractivity (Wildman–Crippen MR) is 50.5 cm³/mol. The highest BCUT2D eigenvalue weighted by molar-refractivity contribution is 5.12. The summed E-state index contributed by atoms with van der Waals surface area (Å²) in [6.45, 7) is 5.91. The Hall–Kier alpha value is -0.520. The third kappa shape index (κ3) is 3.41. The van der Waals surface area contributed by atoms with E-state index in [0.29, 0.717) is 0 Å². The maximum Gasteiger partial charge on any atom is -0.0230 e. The van der Waals surface area contributed by atoms with Crippen molar-refractivity contribution in [2.45, 2.75) is 39.0 Å². The molecule has 0 radical (unpaired) electrons. The number of hydrogen-bond acceptors (Lipinski definition) is 0. The fourth-order valence-electron chi connectivity index (χ4n) is 1.63. The molecule has 0 aromatic carbocycles. The van der Waals surface area contributed by atoms with E-state index in [1.54, 1.807) is 0 Å². The molecule has 1 fully saturated rings. The van der Waals surface area contributed by atoms with Crippen molar-refractivity contribution in [1.82, 2.24) is 0 Å². The summed E-state index contributed by atoms with van der Waals surface area (Å²) in [5, 5.41) is 0. The van der Waals surface area contributed by atoms with Crippen LogP contribution in [0.1, 0.15) is 39.0 Å². The second-order valence-corrected chi connectivity index (χ2v) is 3.60. The van der Waals surface area contributed by atoms with Crippen molar-refractivity contribution in [2.75, 3.05) is 0 Å². The van der Waals surface area contributed by atoms with Crippen LogP contribution in [0.5, 0.6) is 0 Å². The molecule has 0 heteroatoms. The molecule has 0 N–H and O–H groups in total. The molecule has 1 rings (SSSR count). The first-order chi connectivity index (χ1) is 5.29. The summed E-state index contributed by atoms with van der Waals surface area (Å²) in [5.41, 5.74) is 1.18. The Labute approximate surface area is 70.0 Å². The van der Waals surface area contributed by atoms with Gasteiger partial charge >= 0.3 is 0 Å². The van der Waals surface area contributed by atoms with Gasteiger partial charge in [0.05, 0.1) is 0 Å². The summed E-state index contributed by atoms with van der Waals surface area (Å²) in [4.78, 5) is 0. The lowest BCUT2D eigenvalue weighted by Gasteiger charge is -2.17. The second kappa shape index (κ2) is 4.38. The first kappa shape index (κ1) is 8.58. The average molecular weight is 150 g/mol. The third-order valence-electron chi connectivity index (χ3n) is 2.30. The third-order valence-corrected chi connectivity index (χ3v) is 2.30. The van der Waals surface area contributed by atoms with Crippen molar-refractivity contribution in [3.8, 4) is 0 Å². The van der Waals surface area contributed by atoms with E-state index in [-0.39, 0.29) is 0 Å². The van der Waals surface area contributed by atoms with Crippen LogP contribution >= 0.6 is 0 Å². The van der Waals surface area contributed by atoms with E-state index in [1.807, 2.05) is 0 Å². The summed E-state index contributed by atoms with van der Waals surface area (Å²) in [7, 11) is 0. The van der Waals surface area contributed by atoms with Crippen molar-refractivity contribution < 1.29 is 0 Å². The first-order valence-corrected chi connectivity index (χ1v) is 4.63. The van der Waals surface area contributed by atoms with E-state index in [1.165, 1.54) is 37.7 Å². The van der Waals surface area contributed by atoms with Crippen LogP contribution in [0.25, 0.3) is 0 Å². The van der Waals surface area contributed by atoms with Crippen LogP contribution in [0.2, 0.25) is 0 Å². The molecule has 1 saturated carbocycles. The topological polar surface area (TPSA) is 0 Å². The zero-order valence-electron chi connectivity index (χ0n) is 7.47. The molecule has 1 aliphatic rings. The van der Waals surface area contributed by atoms with Gasteiger partial charge in [-0.1, -0.05) is 43.6 Å². The van der Waals surface area contributed by atoms with Crippen molar-refractivity contribution >= 4 is 0 Å². The highest BCUT2D eigenvalue weighted by Gasteiger charge is 2.08. The minimum absolute atomic E-state index is 0.848. The Morgan fingerprint density at radius 3 is 2.45 bits per heavy atom. The predicted octanol–water partition coefficient (Wildman–Crippen LogP) is 3.70. The maximum absolute atomic E-state index is 3.85. The molecule has 0 aromatic rings. The molecule has 11 heavy (non-hydrogen) atoms. The lowest BCUT2D eigenvalue weighted by atomic mass is 9.89. The van der Waals surface area contributed by atoms with E-state index in [2.05, 4.69) is 25.7 Å². The normalized spacial score (nSPS) is 20.8. The largest absolute Gasteiger partial charge is 0.0961 e. The summed E-state index contributed by atoms with van der Waals surface area (Å²) in [6, 6.07) is 0. The molecule has 62 valence electrons. The monoisotopic (exact) mass is 150 g/mol. The highest BCUT2D eigenvalue weighted by Crippen LogP contribution is 2.24. The van der Waals surface area contributed by atoms with Crippen LogP contribution in [0.15, 0.2) is 24.3 Å². The first-order valence-electron chi connectivity index (χ1n) is 4.63. The fraction of sp³-hybridized carbons (Fsp3) is 0.636. The lowest BCUT2D eigenvalue weighted by molar-refractivity contribution is 0.419. The molecular formula is C11H18. The van der Waals surface area contributed by atoms with Crippen LogP contribution in [-0.4, -0.2) is 0 Å². The summed E-state index contributed by atoms with van der Waals surface area (Å²) < 4.78 is 0. The fourth-order valence-corrected chi connectivity index (χ4v) is 1.63. The van der Waals surface area contributed by atoms with E-state index in [9.17, 15) is 0 Å². The van der Waals surface area contributed by atoms with Crippen LogP contribution in [-0.2, 0) is 0 Å². The lowest BCUT2D eigenvalue weighted by Crippen LogP contribution is -2.02. The van der Waals surface area contributed by atoms with E-state index >= 15 is 0 Å². The number of hydrogen-bond donors (Lipinski definition) is 0. The molecule has 0 aliphatic heterocycles. The number of allylic oxidation sites excluding steroid dienone is 3. The van der Waals surface area contributed by atoms with Crippen LogP contribution < -0.4 is 0 Å². The van der Waals surface area contributed by atoms with Gasteiger partial charge in [0.25, 0.3) is 0 Å². The summed E-state index contributed by atoms with van der Waals surface area (Å²) >= 11 is 0. The van der Waals surface area contributed by atoms with Gasteiger partial charge in [0.1, 0.15) is 0 Å². The standard InChI is InChI=1S/C11H18/c1-10(2)8-9-11-6-4-3-5-7-11/h8-9,11H,1,3-7H2,2H3/b9-8+. The number of rotatable bonds is 2. The molecule has 0 aromatic heterocycles. The molecule has 0 amide bonds. The zero-order valence-corrected chi connectivity index (χ0v) is 7.47. The van der Waals surface area contributed by atoms with Crippen LogP contribution in [0, 0.1) is 5.92 Å². The van der Waals surface area contributed by atoms with Gasteiger partial charge in [0.2, 0.25) is 0 Å². The highest BCUT2D eigenvalue weighted by atomic mass is 14.1. The minimum atomic E-state index is 0.848. The van der Waals surface area contributed by atoms with Crippen molar-refractivity contribution in [1.29, 1.82) is 0 Å². The Balaban J connectivity index is 2.29. The molecule has 1 aliphatic carbocycles. The summed E-state index contributed by atoms with van der Waals surface area (Å²) in [5.74, 6) is 0.848. The van der Waals surface area contributed by atoms with Crippen molar-refractivity contribution in [3.05, 3.63) is 24.3 Å². The van der Waals surface area contributed by atoms with Gasteiger partial charge in [-0.15, -0.1) is 0 Å². The van der Waals surface area contributed by atoms with Gasteiger partial charge in [-0.05, 0) is 25.7 Å². The van der Waals surface area contributed by atoms with Crippen molar-refractivity contribution in [2.24, 2.45) is 5.92 Å². The molecule has 0 spiro atoms. The smallest absolute Gasteiger partial charge is 0.0230 e. The Morgan fingerprint density at radius 2 is 1.91 bits per heavy atom. The van der Waals surface area contributed by atoms with E-state index < -0.39 is 0 Å². The van der Waals surface area contributed by atoms with Gasteiger partial charge in [0, 0.05) is 0 Å². The van der Waals surface area contributed by atoms with Gasteiger partial charge in [-0.3, -0.25) is 0 Å². The van der Waals surface area contributed by atoms with Gasteiger partial charge in [-0.2, -0.15) is 0 Å². The van der Waals surface area contributed by atoms with Gasteiger partial charge < -0.3 is 0 Å². The molecule has 0 nitrogen and oxygen atoms in total. The Bertz CT molecular complexity index is 147. The zero-order chi connectivity index (χ0) is 8.10. The second-order valence-electron chi connectivity index (χ2n) is 3.60. The Kier molecular flexibility index (Phi) is 3.41. The maximum atomic E-state index is 3.85. The molecule has 0 saturated heterocycles. The quantitative estimate of drug-likeness (QED) is 0.526. The molecular weight excluding hydrogens is 132 g/mol. The molecule has 0 unspecified atom stereocenters. The van der Waals surface area contributed by atoms with Crippen LogP contribution in [0.4, 0.5) is 0 Å². The van der Waals surface area contributed by atoms with Gasteiger partial charge in [0.15, 0.2) is 0 Å². The summed E-state index contributed by atoms with van der Waals surface area (Å²) in [6.07, 6.45) is 11.6. The van der Waals surface area contributed by atoms with Gasteiger partial charge in [-0.25, -0.2) is 0 Å². The molecule has 0 bridgehead atoms. The minimum Gasteiger partial charge on any atom is -0.0961 e. The van der Waals surface area contributed by atoms with Crippen LogP contribution in [0.3, 0.4) is 0 Å². The van der Waals surface area contributed by atoms with E-state index in [4.69, 9.17) is 0 Å². The Morgan fingerprint density at radius 1 is 1.27 bits per heavy atom. The molecule has 0 heterocycles.